The van der Waals surface area contributed by atoms with Crippen molar-refractivity contribution in [3.63, 3.8) is 0 Å². The molecule has 0 saturated heterocycles. The molecule has 0 aliphatic carbocycles. The van der Waals surface area contributed by atoms with Gasteiger partial charge in [-0.25, -0.2) is 0 Å². The zero-order chi connectivity index (χ0) is 17.5. The summed E-state index contributed by atoms with van der Waals surface area (Å²) in [5.74, 6) is -0.365. The Bertz CT molecular complexity index is 589. The van der Waals surface area contributed by atoms with E-state index < -0.39 is 0 Å². The molecule has 2 N–H and O–H groups in total. The van der Waals surface area contributed by atoms with Crippen LogP contribution in [0.4, 0.5) is 0 Å². The molecule has 4 heteroatoms. The predicted octanol–water partition coefficient (Wildman–Crippen LogP) is 3.51. The molecule has 0 radical (unpaired) electrons. The first-order valence-electron chi connectivity index (χ1n) is 7.83. The molecule has 0 aromatic heterocycles. The Morgan fingerprint density at radius 3 is 2.30 bits per heavy atom. The maximum absolute atomic E-state index is 12.1. The highest BCUT2D eigenvalue weighted by molar-refractivity contribution is 5.97. The van der Waals surface area contributed by atoms with Gasteiger partial charge in [0.2, 0.25) is 0 Å². The van der Waals surface area contributed by atoms with Crippen LogP contribution in [0.3, 0.4) is 0 Å². The monoisotopic (exact) mass is 313 g/mol. The van der Waals surface area contributed by atoms with Gasteiger partial charge in [0, 0.05) is 18.3 Å². The summed E-state index contributed by atoms with van der Waals surface area (Å²) in [6.07, 6.45) is 2.44. The van der Waals surface area contributed by atoms with Crippen molar-refractivity contribution in [2.45, 2.75) is 53.1 Å². The summed E-state index contributed by atoms with van der Waals surface area (Å²) in [6.45, 7) is 11.0. The van der Waals surface area contributed by atoms with Crippen molar-refractivity contribution < 1.29 is 4.79 Å². The third-order valence-electron chi connectivity index (χ3n) is 3.24. The second kappa shape index (κ2) is 7.82. The van der Waals surface area contributed by atoms with Gasteiger partial charge in [-0.2, -0.15) is 5.26 Å². The van der Waals surface area contributed by atoms with E-state index in [0.717, 1.165) is 12.0 Å². The van der Waals surface area contributed by atoms with Gasteiger partial charge in [-0.3, -0.25) is 4.79 Å². The number of benzene rings is 1. The van der Waals surface area contributed by atoms with E-state index in [1.165, 1.54) is 6.20 Å². The standard InChI is InChI=1S/C19H27N3O/c1-18(2,3)14-19(4,5)22-13-16(11-20)17(23)21-12-15-9-7-6-8-10-15/h6-10,13,22H,12,14H2,1-5H3,(H,21,23)/b16-13-. The number of hydrogen-bond acceptors (Lipinski definition) is 3. The highest BCUT2D eigenvalue weighted by Gasteiger charge is 2.24. The Kier molecular flexibility index (Phi) is 6.38. The van der Waals surface area contributed by atoms with Crippen LogP contribution in [0.25, 0.3) is 0 Å². The largest absolute Gasteiger partial charge is 0.385 e. The number of amides is 1. The molecule has 4 nitrogen and oxygen atoms in total. The van der Waals surface area contributed by atoms with E-state index >= 15 is 0 Å². The lowest BCUT2D eigenvalue weighted by atomic mass is 9.82. The second-order valence-electron chi connectivity index (χ2n) is 7.60. The fourth-order valence-electron chi connectivity index (χ4n) is 2.67. The van der Waals surface area contributed by atoms with E-state index in [1.807, 2.05) is 36.4 Å². The molecule has 1 amide bonds. The average Bonchev–Trinajstić information content (AvgIpc) is 2.44. The van der Waals surface area contributed by atoms with Gasteiger partial charge >= 0.3 is 0 Å². The minimum absolute atomic E-state index is 0.0860. The lowest BCUT2D eigenvalue weighted by Crippen LogP contribution is -2.40. The second-order valence-corrected chi connectivity index (χ2v) is 7.60. The Balaban J connectivity index is 2.64. The van der Waals surface area contributed by atoms with E-state index in [2.05, 4.69) is 45.3 Å². The van der Waals surface area contributed by atoms with Gasteiger partial charge in [0.15, 0.2) is 0 Å². The first-order valence-corrected chi connectivity index (χ1v) is 7.83. The van der Waals surface area contributed by atoms with E-state index in [9.17, 15) is 10.1 Å². The summed E-state index contributed by atoms with van der Waals surface area (Å²) in [6, 6.07) is 11.6. The molecule has 1 rings (SSSR count). The zero-order valence-corrected chi connectivity index (χ0v) is 14.7. The Morgan fingerprint density at radius 2 is 1.78 bits per heavy atom. The third-order valence-corrected chi connectivity index (χ3v) is 3.24. The quantitative estimate of drug-likeness (QED) is 0.624. The summed E-state index contributed by atoms with van der Waals surface area (Å²) in [7, 11) is 0. The van der Waals surface area contributed by atoms with Gasteiger partial charge in [-0.1, -0.05) is 51.1 Å². The molecule has 124 valence electrons. The average molecular weight is 313 g/mol. The number of nitrogens with zero attached hydrogens (tertiary/aromatic N) is 1. The van der Waals surface area contributed by atoms with Gasteiger partial charge in [-0.05, 0) is 31.2 Å². The molecule has 0 aliphatic rings. The van der Waals surface area contributed by atoms with Crippen molar-refractivity contribution in [2.75, 3.05) is 0 Å². The lowest BCUT2D eigenvalue weighted by Gasteiger charge is -2.33. The summed E-state index contributed by atoms with van der Waals surface area (Å²) in [4.78, 5) is 12.1. The molecular formula is C19H27N3O. The first kappa shape index (κ1) is 18.8. The minimum atomic E-state index is -0.365. The van der Waals surface area contributed by atoms with Gasteiger partial charge in [-0.15, -0.1) is 0 Å². The highest BCUT2D eigenvalue weighted by atomic mass is 16.1. The van der Waals surface area contributed by atoms with Gasteiger partial charge < -0.3 is 10.6 Å². The molecular weight excluding hydrogens is 286 g/mol. The fourth-order valence-corrected chi connectivity index (χ4v) is 2.67. The van der Waals surface area contributed by atoms with Crippen LogP contribution in [0, 0.1) is 16.7 Å². The van der Waals surface area contributed by atoms with Crippen LogP contribution in [0.2, 0.25) is 0 Å². The highest BCUT2D eigenvalue weighted by Crippen LogP contribution is 2.26. The van der Waals surface area contributed by atoms with Crippen LogP contribution in [-0.4, -0.2) is 11.4 Å². The van der Waals surface area contributed by atoms with Gasteiger partial charge in [0.05, 0.1) is 0 Å². The van der Waals surface area contributed by atoms with Gasteiger partial charge in [0.25, 0.3) is 5.91 Å². The molecule has 0 bridgehead atoms. The van der Waals surface area contributed by atoms with Gasteiger partial charge in [0.1, 0.15) is 11.6 Å². The maximum atomic E-state index is 12.1. The Morgan fingerprint density at radius 1 is 1.17 bits per heavy atom. The van der Waals surface area contributed by atoms with E-state index in [0.29, 0.717) is 6.54 Å². The van der Waals surface area contributed by atoms with E-state index in [4.69, 9.17) is 0 Å². The van der Waals surface area contributed by atoms with Crippen molar-refractivity contribution in [1.29, 1.82) is 5.26 Å². The zero-order valence-electron chi connectivity index (χ0n) is 14.7. The predicted molar refractivity (Wildman–Crippen MR) is 93.3 cm³/mol. The number of nitriles is 1. The Hall–Kier alpha value is -2.28. The van der Waals surface area contributed by atoms with Crippen molar-refractivity contribution >= 4 is 5.91 Å². The summed E-state index contributed by atoms with van der Waals surface area (Å²) in [5.41, 5.74) is 1.05. The minimum Gasteiger partial charge on any atom is -0.385 e. The van der Waals surface area contributed by atoms with Crippen LogP contribution in [0.5, 0.6) is 0 Å². The number of carbonyl (C=O) groups is 1. The molecule has 1 aromatic carbocycles. The molecule has 0 saturated carbocycles. The molecule has 0 spiro atoms. The smallest absolute Gasteiger partial charge is 0.263 e. The fraction of sp³-hybridized carbons (Fsp3) is 0.474. The molecule has 0 aliphatic heterocycles. The van der Waals surface area contributed by atoms with Crippen molar-refractivity contribution in [1.82, 2.24) is 10.6 Å². The van der Waals surface area contributed by atoms with E-state index in [1.54, 1.807) is 0 Å². The first-order chi connectivity index (χ1) is 10.6. The molecule has 0 heterocycles. The van der Waals surface area contributed by atoms with Crippen LogP contribution in [0.15, 0.2) is 42.1 Å². The summed E-state index contributed by atoms with van der Waals surface area (Å²) < 4.78 is 0. The lowest BCUT2D eigenvalue weighted by molar-refractivity contribution is -0.117. The van der Waals surface area contributed by atoms with Crippen molar-refractivity contribution in [2.24, 2.45) is 5.41 Å². The molecule has 0 unspecified atom stereocenters. The topological polar surface area (TPSA) is 64.9 Å². The van der Waals surface area contributed by atoms with E-state index in [-0.39, 0.29) is 22.4 Å². The molecule has 1 aromatic rings. The molecule has 23 heavy (non-hydrogen) atoms. The summed E-state index contributed by atoms with van der Waals surface area (Å²) >= 11 is 0. The molecule has 0 fully saturated rings. The van der Waals surface area contributed by atoms with Crippen molar-refractivity contribution in [3.8, 4) is 6.07 Å². The third kappa shape index (κ3) is 7.51. The number of nitrogens with one attached hydrogen (secondary N) is 2. The maximum Gasteiger partial charge on any atom is 0.263 e. The number of rotatable bonds is 6. The Labute approximate surface area is 139 Å². The normalized spacial score (nSPS) is 12.4. The van der Waals surface area contributed by atoms with Crippen LogP contribution in [0.1, 0.15) is 46.6 Å². The molecule has 0 atom stereocenters. The van der Waals surface area contributed by atoms with Crippen molar-refractivity contribution in [3.05, 3.63) is 47.7 Å². The summed E-state index contributed by atoms with van der Waals surface area (Å²) in [5, 5.41) is 15.2. The van der Waals surface area contributed by atoms with Crippen LogP contribution < -0.4 is 10.6 Å². The SMILES string of the molecule is CC(C)(C)CC(C)(C)N/C=C(/C#N)C(=O)NCc1ccccc1. The van der Waals surface area contributed by atoms with Crippen LogP contribution in [-0.2, 0) is 11.3 Å². The number of carbonyl (C=O) groups excluding carboxylic acids is 1. The number of hydrogen-bond donors (Lipinski definition) is 2. The van der Waals surface area contributed by atoms with Crippen LogP contribution >= 0.6 is 0 Å².